The number of carbonyl (C=O) groups excluding carboxylic acids is 1. The van der Waals surface area contributed by atoms with E-state index in [1.54, 1.807) is 40.9 Å². The molecule has 0 radical (unpaired) electrons. The highest BCUT2D eigenvalue weighted by Gasteiger charge is 2.30. The number of hydrogen-bond acceptors (Lipinski definition) is 5. The van der Waals surface area contributed by atoms with Crippen molar-refractivity contribution in [3.63, 3.8) is 0 Å². The molecule has 0 saturated carbocycles. The Labute approximate surface area is 160 Å². The summed E-state index contributed by atoms with van der Waals surface area (Å²) in [5.74, 6) is 0.324. The molecule has 0 aromatic carbocycles. The van der Waals surface area contributed by atoms with Crippen molar-refractivity contribution in [2.45, 2.75) is 32.2 Å². The van der Waals surface area contributed by atoms with E-state index in [4.69, 9.17) is 0 Å². The van der Waals surface area contributed by atoms with E-state index in [9.17, 15) is 14.4 Å². The van der Waals surface area contributed by atoms with Crippen LogP contribution < -0.4 is 11.2 Å². The predicted octanol–water partition coefficient (Wildman–Crippen LogP) is 0.629. The molecule has 0 N–H and O–H groups in total. The Morgan fingerprint density at radius 3 is 2.89 bits per heavy atom. The second-order valence-corrected chi connectivity index (χ2v) is 7.00. The van der Waals surface area contributed by atoms with Crippen molar-refractivity contribution in [1.29, 1.82) is 0 Å². The minimum absolute atomic E-state index is 0.0391. The van der Waals surface area contributed by atoms with E-state index in [1.165, 1.54) is 15.3 Å². The van der Waals surface area contributed by atoms with E-state index in [2.05, 4.69) is 10.1 Å². The van der Waals surface area contributed by atoms with Gasteiger partial charge >= 0.3 is 5.69 Å². The van der Waals surface area contributed by atoms with Crippen LogP contribution in [-0.2, 0) is 13.6 Å². The smallest absolute Gasteiger partial charge is 0.338 e. The number of aryl methyl sites for hydroxylation is 1. The Morgan fingerprint density at radius 2 is 2.11 bits per heavy atom. The van der Waals surface area contributed by atoms with Crippen LogP contribution in [0.4, 0.5) is 0 Å². The maximum Gasteiger partial charge on any atom is 0.345 e. The second kappa shape index (κ2) is 7.06. The first kappa shape index (κ1) is 18.1. The largest absolute Gasteiger partial charge is 0.345 e. The Kier molecular flexibility index (Phi) is 4.58. The van der Waals surface area contributed by atoms with E-state index in [0.717, 1.165) is 12.8 Å². The lowest BCUT2D eigenvalue weighted by atomic mass is 9.96. The van der Waals surface area contributed by atoms with Gasteiger partial charge in [-0.1, -0.05) is 6.07 Å². The highest BCUT2D eigenvalue weighted by atomic mass is 16.2. The highest BCUT2D eigenvalue weighted by Crippen LogP contribution is 2.25. The van der Waals surface area contributed by atoms with Crippen molar-refractivity contribution >= 4 is 11.6 Å². The molecule has 1 atom stereocenters. The van der Waals surface area contributed by atoms with Crippen molar-refractivity contribution < 1.29 is 4.79 Å². The molecule has 1 fully saturated rings. The van der Waals surface area contributed by atoms with Gasteiger partial charge in [0.25, 0.3) is 11.5 Å². The van der Waals surface area contributed by atoms with Crippen molar-refractivity contribution in [3.05, 3.63) is 62.8 Å². The van der Waals surface area contributed by atoms with Crippen molar-refractivity contribution in [1.82, 2.24) is 28.6 Å². The normalized spacial score (nSPS) is 17.2. The lowest BCUT2D eigenvalue weighted by Crippen LogP contribution is -2.42. The fourth-order valence-corrected chi connectivity index (χ4v) is 3.84. The Balaban J connectivity index is 1.64. The summed E-state index contributed by atoms with van der Waals surface area (Å²) in [6, 6.07) is 5.24. The molecule has 146 valence electrons. The number of hydrogen-bond donors (Lipinski definition) is 0. The minimum Gasteiger partial charge on any atom is -0.338 e. The third-order valence-corrected chi connectivity index (χ3v) is 5.27. The third kappa shape index (κ3) is 2.92. The van der Waals surface area contributed by atoms with Gasteiger partial charge in [0.2, 0.25) is 0 Å². The van der Waals surface area contributed by atoms with Gasteiger partial charge in [-0.15, -0.1) is 0 Å². The molecule has 0 unspecified atom stereocenters. The number of aromatic nitrogens is 5. The van der Waals surface area contributed by atoms with Gasteiger partial charge < -0.3 is 4.90 Å². The quantitative estimate of drug-likeness (QED) is 0.662. The zero-order valence-corrected chi connectivity index (χ0v) is 15.9. The lowest BCUT2D eigenvalue weighted by Gasteiger charge is -2.32. The molecule has 9 heteroatoms. The Morgan fingerprint density at radius 1 is 1.29 bits per heavy atom. The topological polar surface area (TPSA) is 94.5 Å². The van der Waals surface area contributed by atoms with Crippen molar-refractivity contribution in [2.75, 3.05) is 13.1 Å². The van der Waals surface area contributed by atoms with E-state index in [1.807, 2.05) is 6.92 Å². The average molecular weight is 382 g/mol. The fourth-order valence-electron chi connectivity index (χ4n) is 3.84. The molecule has 0 bridgehead atoms. The third-order valence-electron chi connectivity index (χ3n) is 5.27. The lowest BCUT2D eigenvalue weighted by molar-refractivity contribution is 0.0700. The van der Waals surface area contributed by atoms with Crippen LogP contribution in [0.3, 0.4) is 0 Å². The van der Waals surface area contributed by atoms with Gasteiger partial charge in [-0.2, -0.15) is 5.10 Å². The SMILES string of the molecule is CCn1c([C@@H]2CCCN(C(=O)c3cnc4ccccn4c3=O)C2)nn(C)c1=O. The summed E-state index contributed by atoms with van der Waals surface area (Å²) in [5, 5.41) is 4.38. The fraction of sp³-hybridized carbons (Fsp3) is 0.421. The second-order valence-electron chi connectivity index (χ2n) is 7.00. The molecule has 0 aliphatic carbocycles. The maximum atomic E-state index is 13.0. The van der Waals surface area contributed by atoms with Crippen LogP contribution in [0.25, 0.3) is 5.65 Å². The molecular weight excluding hydrogens is 360 g/mol. The van der Waals surface area contributed by atoms with Crippen LogP contribution in [0.2, 0.25) is 0 Å². The first-order valence-electron chi connectivity index (χ1n) is 9.40. The zero-order valence-electron chi connectivity index (χ0n) is 15.9. The summed E-state index contributed by atoms with van der Waals surface area (Å²) >= 11 is 0. The molecule has 1 aliphatic heterocycles. The van der Waals surface area contributed by atoms with E-state index in [0.29, 0.717) is 31.1 Å². The van der Waals surface area contributed by atoms with Crippen LogP contribution >= 0.6 is 0 Å². The van der Waals surface area contributed by atoms with Crippen LogP contribution in [0.15, 0.2) is 40.2 Å². The first-order valence-corrected chi connectivity index (χ1v) is 9.40. The monoisotopic (exact) mass is 382 g/mol. The standard InChI is InChI=1S/C19H22N6O3/c1-3-24-16(21-22(2)19(24)28)13-7-6-9-23(12-13)17(26)14-11-20-15-8-4-5-10-25(15)18(14)27/h4-5,8,10-11,13H,3,6-7,9,12H2,1-2H3/t13-/m1/s1. The van der Waals surface area contributed by atoms with Crippen LogP contribution in [0.5, 0.6) is 0 Å². The highest BCUT2D eigenvalue weighted by molar-refractivity contribution is 5.93. The van der Waals surface area contributed by atoms with Crippen molar-refractivity contribution in [3.8, 4) is 0 Å². The summed E-state index contributed by atoms with van der Waals surface area (Å²) in [6.45, 7) is 3.42. The molecule has 0 spiro atoms. The van der Waals surface area contributed by atoms with Crippen LogP contribution in [0.1, 0.15) is 41.9 Å². The van der Waals surface area contributed by atoms with Crippen LogP contribution in [-0.4, -0.2) is 47.6 Å². The average Bonchev–Trinajstić information content (AvgIpc) is 3.02. The summed E-state index contributed by atoms with van der Waals surface area (Å²) < 4.78 is 4.35. The molecule has 9 nitrogen and oxygen atoms in total. The summed E-state index contributed by atoms with van der Waals surface area (Å²) in [6.07, 6.45) is 4.59. The zero-order chi connectivity index (χ0) is 19.8. The summed E-state index contributed by atoms with van der Waals surface area (Å²) in [4.78, 5) is 43.9. The summed E-state index contributed by atoms with van der Waals surface area (Å²) in [5.41, 5.74) is 0.0261. The van der Waals surface area contributed by atoms with E-state index < -0.39 is 0 Å². The van der Waals surface area contributed by atoms with E-state index in [-0.39, 0.29) is 28.6 Å². The first-order chi connectivity index (χ1) is 13.5. The number of nitrogens with zero attached hydrogens (tertiary/aromatic N) is 6. The molecule has 3 aromatic heterocycles. The molecule has 1 amide bonds. The van der Waals surface area contributed by atoms with Gasteiger partial charge in [0.1, 0.15) is 17.0 Å². The molecule has 28 heavy (non-hydrogen) atoms. The number of pyridine rings is 1. The van der Waals surface area contributed by atoms with Crippen molar-refractivity contribution in [2.24, 2.45) is 7.05 Å². The molecule has 1 aliphatic rings. The Bertz CT molecular complexity index is 1160. The number of piperidine rings is 1. The molecule has 1 saturated heterocycles. The summed E-state index contributed by atoms with van der Waals surface area (Å²) in [7, 11) is 1.63. The molecule has 4 heterocycles. The molecular formula is C19H22N6O3. The van der Waals surface area contributed by atoms with Crippen LogP contribution in [0, 0.1) is 0 Å². The van der Waals surface area contributed by atoms with Gasteiger partial charge in [0, 0.05) is 45.0 Å². The number of amides is 1. The molecule has 3 aromatic rings. The minimum atomic E-state index is -0.374. The number of carbonyl (C=O) groups is 1. The molecule has 4 rings (SSSR count). The van der Waals surface area contributed by atoms with Gasteiger partial charge in [0.15, 0.2) is 0 Å². The van der Waals surface area contributed by atoms with Gasteiger partial charge in [0.05, 0.1) is 0 Å². The number of fused-ring (bicyclic) bond motifs is 1. The number of likely N-dealkylation sites (tertiary alicyclic amines) is 1. The van der Waals surface area contributed by atoms with Gasteiger partial charge in [-0.3, -0.25) is 18.6 Å². The predicted molar refractivity (Wildman–Crippen MR) is 102 cm³/mol. The number of rotatable bonds is 3. The maximum absolute atomic E-state index is 13.0. The van der Waals surface area contributed by atoms with Gasteiger partial charge in [-0.25, -0.2) is 14.5 Å². The Hall–Kier alpha value is -3.23. The van der Waals surface area contributed by atoms with Gasteiger partial charge in [-0.05, 0) is 31.9 Å². The van der Waals surface area contributed by atoms with E-state index >= 15 is 0 Å².